The molecule has 4 heterocycles. The summed E-state index contributed by atoms with van der Waals surface area (Å²) in [5, 5.41) is 9.13. The van der Waals surface area contributed by atoms with Crippen molar-refractivity contribution < 1.29 is 14.3 Å². The average Bonchev–Trinajstić information content (AvgIpc) is 3.38. The van der Waals surface area contributed by atoms with Gasteiger partial charge in [-0.3, -0.25) is 9.78 Å². The van der Waals surface area contributed by atoms with Crippen LogP contribution in [0.1, 0.15) is 46.5 Å². The molecule has 3 aromatic heterocycles. The molecule has 0 bridgehead atoms. The standard InChI is InChI=1S/C20H22N4O3/c25-14-17-5-6-18(27-17)20(26)24-9-2-4-16(13-24)19-22-8-10-23(19)12-15-3-1-7-21-11-15/h1,3,5-8,10-11,16,25H,2,4,9,12-14H2. The van der Waals surface area contributed by atoms with Crippen LogP contribution in [0.4, 0.5) is 0 Å². The highest BCUT2D eigenvalue weighted by Crippen LogP contribution is 2.27. The molecule has 7 heteroatoms. The first-order valence-electron chi connectivity index (χ1n) is 9.13. The van der Waals surface area contributed by atoms with Gasteiger partial charge in [0.25, 0.3) is 5.91 Å². The van der Waals surface area contributed by atoms with E-state index in [4.69, 9.17) is 9.52 Å². The van der Waals surface area contributed by atoms with Crippen molar-refractivity contribution in [2.45, 2.75) is 31.9 Å². The summed E-state index contributed by atoms with van der Waals surface area (Å²) >= 11 is 0. The van der Waals surface area contributed by atoms with E-state index in [1.807, 2.05) is 35.6 Å². The lowest BCUT2D eigenvalue weighted by molar-refractivity contribution is 0.0666. The molecule has 1 aliphatic heterocycles. The third-order valence-corrected chi connectivity index (χ3v) is 4.93. The summed E-state index contributed by atoms with van der Waals surface area (Å²) in [6.45, 7) is 1.82. The smallest absolute Gasteiger partial charge is 0.289 e. The summed E-state index contributed by atoms with van der Waals surface area (Å²) < 4.78 is 7.54. The maximum Gasteiger partial charge on any atom is 0.289 e. The third kappa shape index (κ3) is 3.78. The zero-order valence-electron chi connectivity index (χ0n) is 15.0. The van der Waals surface area contributed by atoms with E-state index in [0.29, 0.717) is 25.4 Å². The molecule has 1 saturated heterocycles. The summed E-state index contributed by atoms with van der Waals surface area (Å²) in [4.78, 5) is 23.3. The van der Waals surface area contributed by atoms with Gasteiger partial charge in [0.1, 0.15) is 18.2 Å². The fourth-order valence-corrected chi connectivity index (χ4v) is 3.61. The van der Waals surface area contributed by atoms with Crippen molar-refractivity contribution in [3.05, 3.63) is 72.0 Å². The predicted molar refractivity (Wildman–Crippen MR) is 98.1 cm³/mol. The maximum atomic E-state index is 12.7. The molecule has 0 aromatic carbocycles. The number of nitrogens with zero attached hydrogens (tertiary/aromatic N) is 4. The molecule has 1 unspecified atom stereocenters. The Morgan fingerprint density at radius 3 is 3.00 bits per heavy atom. The van der Waals surface area contributed by atoms with Gasteiger partial charge in [-0.15, -0.1) is 0 Å². The SMILES string of the molecule is O=C(c1ccc(CO)o1)N1CCCC(c2nccn2Cc2cccnc2)C1. The van der Waals surface area contributed by atoms with Gasteiger partial charge >= 0.3 is 0 Å². The first-order valence-corrected chi connectivity index (χ1v) is 9.13. The zero-order valence-corrected chi connectivity index (χ0v) is 15.0. The Kier molecular flexibility index (Phi) is 5.02. The Bertz CT molecular complexity index is 903. The fourth-order valence-electron chi connectivity index (χ4n) is 3.61. The minimum absolute atomic E-state index is 0.134. The van der Waals surface area contributed by atoms with Crippen LogP contribution in [0.3, 0.4) is 0 Å². The average molecular weight is 366 g/mol. The number of hydrogen-bond acceptors (Lipinski definition) is 5. The van der Waals surface area contributed by atoms with Crippen LogP contribution in [0.5, 0.6) is 0 Å². The van der Waals surface area contributed by atoms with Crippen LogP contribution in [-0.2, 0) is 13.2 Å². The van der Waals surface area contributed by atoms with Gasteiger partial charge in [-0.1, -0.05) is 6.07 Å². The van der Waals surface area contributed by atoms with Gasteiger partial charge in [-0.05, 0) is 36.6 Å². The number of piperidine rings is 1. The first-order chi connectivity index (χ1) is 13.2. The zero-order chi connectivity index (χ0) is 18.6. The molecule has 27 heavy (non-hydrogen) atoms. The predicted octanol–water partition coefficient (Wildman–Crippen LogP) is 2.43. The number of aromatic nitrogens is 3. The Labute approximate surface area is 157 Å². The van der Waals surface area contributed by atoms with Crippen molar-refractivity contribution in [2.75, 3.05) is 13.1 Å². The van der Waals surface area contributed by atoms with Crippen molar-refractivity contribution >= 4 is 5.91 Å². The van der Waals surface area contributed by atoms with Crippen molar-refractivity contribution in [3.63, 3.8) is 0 Å². The summed E-state index contributed by atoms with van der Waals surface area (Å²) in [5.41, 5.74) is 1.12. The molecule has 1 aliphatic rings. The summed E-state index contributed by atoms with van der Waals surface area (Å²) in [5.74, 6) is 1.72. The van der Waals surface area contributed by atoms with E-state index in [2.05, 4.69) is 14.5 Å². The highest BCUT2D eigenvalue weighted by Gasteiger charge is 2.29. The van der Waals surface area contributed by atoms with Crippen LogP contribution < -0.4 is 0 Å². The van der Waals surface area contributed by atoms with Gasteiger partial charge in [0.2, 0.25) is 0 Å². The van der Waals surface area contributed by atoms with Crippen LogP contribution in [0.25, 0.3) is 0 Å². The van der Waals surface area contributed by atoms with Crippen molar-refractivity contribution in [2.24, 2.45) is 0 Å². The van der Waals surface area contributed by atoms with Gasteiger partial charge in [0.05, 0.1) is 6.54 Å². The molecule has 1 amide bonds. The van der Waals surface area contributed by atoms with Gasteiger partial charge in [0, 0.05) is 43.8 Å². The third-order valence-electron chi connectivity index (χ3n) is 4.93. The Morgan fingerprint density at radius 2 is 2.22 bits per heavy atom. The number of carbonyl (C=O) groups excluding carboxylic acids is 1. The largest absolute Gasteiger partial charge is 0.453 e. The normalized spacial score (nSPS) is 17.2. The van der Waals surface area contributed by atoms with E-state index < -0.39 is 0 Å². The van der Waals surface area contributed by atoms with Gasteiger partial charge in [-0.2, -0.15) is 0 Å². The number of hydrogen-bond donors (Lipinski definition) is 1. The van der Waals surface area contributed by atoms with E-state index in [-0.39, 0.29) is 24.2 Å². The molecule has 0 radical (unpaired) electrons. The van der Waals surface area contributed by atoms with E-state index in [1.165, 1.54) is 0 Å². The lowest BCUT2D eigenvalue weighted by Crippen LogP contribution is -2.39. The number of rotatable bonds is 5. The number of furan rings is 1. The first kappa shape index (κ1) is 17.5. The van der Waals surface area contributed by atoms with Crippen LogP contribution in [0.15, 0.2) is 53.5 Å². The van der Waals surface area contributed by atoms with E-state index in [1.54, 1.807) is 18.3 Å². The van der Waals surface area contributed by atoms with E-state index in [0.717, 1.165) is 24.2 Å². The fraction of sp³-hybridized carbons (Fsp3) is 0.350. The molecule has 0 spiro atoms. The Balaban J connectivity index is 1.49. The second-order valence-electron chi connectivity index (χ2n) is 6.79. The molecule has 3 aromatic rings. The van der Waals surface area contributed by atoms with Gasteiger partial charge < -0.3 is 19.0 Å². The Hall–Kier alpha value is -2.93. The number of imidazole rings is 1. The number of amides is 1. The van der Waals surface area contributed by atoms with Crippen molar-refractivity contribution in [1.29, 1.82) is 0 Å². The van der Waals surface area contributed by atoms with Crippen LogP contribution in [-0.4, -0.2) is 43.5 Å². The molecular weight excluding hydrogens is 344 g/mol. The molecular formula is C20H22N4O3. The highest BCUT2D eigenvalue weighted by molar-refractivity contribution is 5.91. The molecule has 1 N–H and O–H groups in total. The minimum atomic E-state index is -0.207. The summed E-state index contributed by atoms with van der Waals surface area (Å²) in [7, 11) is 0. The highest BCUT2D eigenvalue weighted by atomic mass is 16.4. The molecule has 0 aliphatic carbocycles. The molecule has 0 saturated carbocycles. The summed E-state index contributed by atoms with van der Waals surface area (Å²) in [6, 6.07) is 7.23. The number of carbonyl (C=O) groups is 1. The Morgan fingerprint density at radius 1 is 1.30 bits per heavy atom. The van der Waals surface area contributed by atoms with Gasteiger partial charge in [-0.25, -0.2) is 4.98 Å². The number of aliphatic hydroxyl groups excluding tert-OH is 1. The quantitative estimate of drug-likeness (QED) is 0.750. The molecule has 4 rings (SSSR count). The lowest BCUT2D eigenvalue weighted by atomic mass is 9.96. The molecule has 140 valence electrons. The van der Waals surface area contributed by atoms with Gasteiger partial charge in [0.15, 0.2) is 5.76 Å². The second-order valence-corrected chi connectivity index (χ2v) is 6.79. The topological polar surface area (TPSA) is 84.4 Å². The molecule has 7 nitrogen and oxygen atoms in total. The van der Waals surface area contributed by atoms with Crippen LogP contribution in [0.2, 0.25) is 0 Å². The van der Waals surface area contributed by atoms with Crippen LogP contribution >= 0.6 is 0 Å². The number of pyridine rings is 1. The monoisotopic (exact) mass is 366 g/mol. The molecule has 1 fully saturated rings. The van der Waals surface area contributed by atoms with E-state index in [9.17, 15) is 4.79 Å². The second kappa shape index (κ2) is 7.75. The van der Waals surface area contributed by atoms with E-state index >= 15 is 0 Å². The van der Waals surface area contributed by atoms with Crippen LogP contribution in [0, 0.1) is 0 Å². The minimum Gasteiger partial charge on any atom is -0.453 e. The lowest BCUT2D eigenvalue weighted by Gasteiger charge is -2.32. The van der Waals surface area contributed by atoms with Crippen molar-refractivity contribution in [3.8, 4) is 0 Å². The number of aliphatic hydroxyl groups is 1. The number of likely N-dealkylation sites (tertiary alicyclic amines) is 1. The summed E-state index contributed by atoms with van der Waals surface area (Å²) in [6.07, 6.45) is 9.32. The van der Waals surface area contributed by atoms with Crippen molar-refractivity contribution in [1.82, 2.24) is 19.4 Å². The molecule has 1 atom stereocenters. The maximum absolute atomic E-state index is 12.7.